The smallest absolute Gasteiger partial charge is 0.320 e. The molecule has 1 saturated heterocycles. The van der Waals surface area contributed by atoms with Crippen LogP contribution >= 0.6 is 23.2 Å². The molecule has 2 heterocycles. The van der Waals surface area contributed by atoms with Crippen molar-refractivity contribution in [3.63, 3.8) is 0 Å². The van der Waals surface area contributed by atoms with Crippen molar-refractivity contribution in [2.75, 3.05) is 20.2 Å². The van der Waals surface area contributed by atoms with Gasteiger partial charge in [-0.05, 0) is 87.2 Å². The zero-order chi connectivity index (χ0) is 33.2. The monoisotopic (exact) mass is 670 g/mol. The molecule has 0 amide bonds. The van der Waals surface area contributed by atoms with E-state index in [0.29, 0.717) is 22.3 Å². The fourth-order valence-electron chi connectivity index (χ4n) is 6.27. The van der Waals surface area contributed by atoms with Crippen molar-refractivity contribution < 1.29 is 18.7 Å². The molecular formula is C36H45Cl2FN2O3Si. The lowest BCUT2D eigenvalue weighted by molar-refractivity contribution is -0.157. The van der Waals surface area contributed by atoms with Gasteiger partial charge in [-0.25, -0.2) is 4.39 Å². The van der Waals surface area contributed by atoms with Crippen LogP contribution in [0.15, 0.2) is 71.7 Å². The van der Waals surface area contributed by atoms with Gasteiger partial charge in [0.05, 0.1) is 31.8 Å². The Kier molecular flexibility index (Phi) is 11.0. The zero-order valence-corrected chi connectivity index (χ0v) is 30.0. The molecule has 0 bridgehead atoms. The topological polar surface area (TPSA) is 51.1 Å². The molecule has 0 radical (unpaired) electrons. The van der Waals surface area contributed by atoms with Gasteiger partial charge in [0.1, 0.15) is 11.4 Å². The van der Waals surface area contributed by atoms with Gasteiger partial charge in [0.25, 0.3) is 0 Å². The van der Waals surface area contributed by atoms with Crippen molar-refractivity contribution in [1.82, 2.24) is 4.90 Å². The van der Waals surface area contributed by atoms with Gasteiger partial charge in [-0.3, -0.25) is 14.7 Å². The van der Waals surface area contributed by atoms with Crippen LogP contribution < -0.4 is 0 Å². The van der Waals surface area contributed by atoms with E-state index in [0.717, 1.165) is 28.8 Å². The first-order chi connectivity index (χ1) is 21.0. The van der Waals surface area contributed by atoms with E-state index in [2.05, 4.69) is 37.5 Å². The molecule has 5 rings (SSSR count). The highest BCUT2D eigenvalue weighted by Crippen LogP contribution is 2.58. The average Bonchev–Trinajstić information content (AvgIpc) is 3.29. The predicted molar refractivity (Wildman–Crippen MR) is 186 cm³/mol. The summed E-state index contributed by atoms with van der Waals surface area (Å²) in [4.78, 5) is 20.0. The molecule has 1 unspecified atom stereocenters. The van der Waals surface area contributed by atoms with Gasteiger partial charge in [0, 0.05) is 41.6 Å². The third kappa shape index (κ3) is 8.24. The molecular weight excluding hydrogens is 626 g/mol. The molecule has 0 saturated carbocycles. The van der Waals surface area contributed by atoms with Crippen molar-refractivity contribution >= 4 is 49.1 Å². The van der Waals surface area contributed by atoms with Crippen LogP contribution in [0.25, 0.3) is 0 Å². The number of halogens is 3. The molecule has 4 atom stereocenters. The van der Waals surface area contributed by atoms with E-state index in [1.807, 2.05) is 69.5 Å². The Morgan fingerprint density at radius 3 is 2.31 bits per heavy atom. The lowest BCUT2D eigenvalue weighted by Gasteiger charge is -2.52. The molecule has 3 aromatic rings. The molecule has 0 aromatic heterocycles. The summed E-state index contributed by atoms with van der Waals surface area (Å²) in [6.07, 6.45) is 2.71. The van der Waals surface area contributed by atoms with E-state index >= 15 is 0 Å². The van der Waals surface area contributed by atoms with E-state index in [4.69, 9.17) is 37.7 Å². The van der Waals surface area contributed by atoms with Gasteiger partial charge < -0.3 is 9.47 Å². The number of carbonyl (C=O) groups excluding carboxylic acids is 1. The van der Waals surface area contributed by atoms with Crippen LogP contribution in [-0.4, -0.2) is 56.7 Å². The number of ether oxygens (including phenoxy) is 2. The summed E-state index contributed by atoms with van der Waals surface area (Å²) in [6.45, 7) is 15.3. The molecule has 0 N–H and O–H groups in total. The van der Waals surface area contributed by atoms with Gasteiger partial charge >= 0.3 is 5.97 Å². The molecule has 1 fully saturated rings. The van der Waals surface area contributed by atoms with Gasteiger partial charge in [-0.2, -0.15) is 0 Å². The summed E-state index contributed by atoms with van der Waals surface area (Å²) < 4.78 is 25.5. The molecule has 0 aliphatic carbocycles. The summed E-state index contributed by atoms with van der Waals surface area (Å²) in [5, 5.41) is 1.24. The molecule has 9 heteroatoms. The molecule has 1 spiro atoms. The SMILES string of the molecule is CC(C)(C)OC(=O)CN1CC[C@@H](c2cccc(Cl)c2)[C@]2(C=Nc3cc(Cl)ccc32)[C@H]1c1cccc(F)c1.COC(C)[Si](C)(C)C. The van der Waals surface area contributed by atoms with Crippen LogP contribution in [-0.2, 0) is 19.7 Å². The Balaban J connectivity index is 0.000000510. The molecule has 2 aliphatic rings. The van der Waals surface area contributed by atoms with Crippen LogP contribution in [0.4, 0.5) is 10.1 Å². The van der Waals surface area contributed by atoms with E-state index in [-0.39, 0.29) is 30.3 Å². The van der Waals surface area contributed by atoms with Crippen molar-refractivity contribution in [1.29, 1.82) is 0 Å². The van der Waals surface area contributed by atoms with Crippen LogP contribution in [0.5, 0.6) is 0 Å². The molecule has 242 valence electrons. The Morgan fingerprint density at radius 2 is 1.71 bits per heavy atom. The minimum Gasteiger partial charge on any atom is -0.459 e. The van der Waals surface area contributed by atoms with Gasteiger partial charge in [0.2, 0.25) is 0 Å². The Hall–Kier alpha value is -2.55. The van der Waals surface area contributed by atoms with Crippen LogP contribution in [0, 0.1) is 5.82 Å². The summed E-state index contributed by atoms with van der Waals surface area (Å²) in [7, 11) is 0.798. The lowest BCUT2D eigenvalue weighted by Crippen LogP contribution is -2.54. The lowest BCUT2D eigenvalue weighted by atomic mass is 9.59. The highest BCUT2D eigenvalue weighted by molar-refractivity contribution is 6.77. The maximum absolute atomic E-state index is 14.7. The summed E-state index contributed by atoms with van der Waals surface area (Å²) in [5.74, 6) is -0.682. The summed E-state index contributed by atoms with van der Waals surface area (Å²) >= 11 is 12.8. The second-order valence-electron chi connectivity index (χ2n) is 14.0. The zero-order valence-electron chi connectivity index (χ0n) is 27.5. The Bertz CT molecular complexity index is 1540. The Morgan fingerprint density at radius 1 is 1.04 bits per heavy atom. The second kappa shape index (κ2) is 14.1. The fourth-order valence-corrected chi connectivity index (χ4v) is 7.34. The van der Waals surface area contributed by atoms with E-state index in [1.54, 1.807) is 19.2 Å². The van der Waals surface area contributed by atoms with Crippen LogP contribution in [0.1, 0.15) is 62.8 Å². The van der Waals surface area contributed by atoms with Crippen LogP contribution in [0.3, 0.4) is 0 Å². The first-order valence-electron chi connectivity index (χ1n) is 15.4. The molecule has 5 nitrogen and oxygen atoms in total. The van der Waals surface area contributed by atoms with Gasteiger partial charge in [-0.15, -0.1) is 0 Å². The highest BCUT2D eigenvalue weighted by Gasteiger charge is 2.55. The number of aliphatic imine (C=N–C) groups is 1. The third-order valence-electron chi connectivity index (χ3n) is 8.68. The number of hydrogen-bond acceptors (Lipinski definition) is 5. The largest absolute Gasteiger partial charge is 0.459 e. The standard InChI is InChI=1S/C30H29Cl2FN2O2.C6H16OSi/c1-29(2,3)37-27(36)17-35-13-12-24(19-6-4-8-21(31)14-19)30(28(35)20-7-5-9-23(33)15-20)18-34-26-16-22(32)10-11-25(26)30;1-6(7-2)8(3,4)5/h4-11,14-16,18,24,28H,12-13,17H2,1-3H3;6H,1-5H3/t24-,28+,30-;/m0./s1. The normalized spacial score (nSPS) is 22.0. The first kappa shape index (κ1) is 35.3. The van der Waals surface area contributed by atoms with E-state index in [1.165, 1.54) is 6.07 Å². The van der Waals surface area contributed by atoms with Crippen molar-refractivity contribution in [2.24, 2.45) is 4.99 Å². The van der Waals surface area contributed by atoms with Crippen molar-refractivity contribution in [2.45, 2.75) is 82.5 Å². The number of hydrogen-bond donors (Lipinski definition) is 0. The summed E-state index contributed by atoms with van der Waals surface area (Å²) in [6, 6.07) is 19.8. The van der Waals surface area contributed by atoms with Gasteiger partial charge in [-0.1, -0.05) is 73.2 Å². The van der Waals surface area contributed by atoms with Crippen molar-refractivity contribution in [3.8, 4) is 0 Å². The number of esters is 1. The number of rotatable bonds is 6. The van der Waals surface area contributed by atoms with Crippen LogP contribution in [0.2, 0.25) is 29.7 Å². The number of piperidine rings is 1. The van der Waals surface area contributed by atoms with E-state index < -0.39 is 19.1 Å². The number of methoxy groups -OCH3 is 1. The fraction of sp³-hybridized carbons (Fsp3) is 0.444. The number of nitrogens with zero attached hydrogens (tertiary/aromatic N) is 2. The van der Waals surface area contributed by atoms with Gasteiger partial charge in [0.15, 0.2) is 0 Å². The quantitative estimate of drug-likeness (QED) is 0.194. The number of likely N-dealkylation sites (tertiary alicyclic amines) is 1. The maximum Gasteiger partial charge on any atom is 0.320 e. The average molecular weight is 672 g/mol. The number of fused-ring (bicyclic) bond motifs is 2. The third-order valence-corrected chi connectivity index (χ3v) is 11.8. The summed E-state index contributed by atoms with van der Waals surface area (Å²) in [5.41, 5.74) is 2.79. The minimum atomic E-state index is -0.983. The van der Waals surface area contributed by atoms with Crippen molar-refractivity contribution in [3.05, 3.63) is 99.3 Å². The predicted octanol–water partition coefficient (Wildman–Crippen LogP) is 9.56. The molecule has 2 aliphatic heterocycles. The highest BCUT2D eigenvalue weighted by atomic mass is 35.5. The maximum atomic E-state index is 14.7. The molecule has 45 heavy (non-hydrogen) atoms. The Labute approximate surface area is 278 Å². The first-order valence-corrected chi connectivity index (χ1v) is 19.7. The molecule has 3 aromatic carbocycles. The number of carbonyl (C=O) groups is 1. The minimum absolute atomic E-state index is 0.0273. The van der Waals surface area contributed by atoms with E-state index in [9.17, 15) is 9.18 Å². The second-order valence-corrected chi connectivity index (χ2v) is 20.4. The number of benzene rings is 3.